The molecule has 82 valence electrons. The molecule has 1 rings (SSSR count). The number of benzene rings is 1. The first-order valence-corrected chi connectivity index (χ1v) is 4.60. The first-order chi connectivity index (χ1) is 7.13. The molecule has 0 amide bonds. The normalized spacial score (nSPS) is 11.5. The van der Waals surface area contributed by atoms with Gasteiger partial charge in [0.25, 0.3) is 0 Å². The molecule has 0 atom stereocenters. The summed E-state index contributed by atoms with van der Waals surface area (Å²) in [6.45, 7) is 2.36. The molecule has 0 saturated carbocycles. The van der Waals surface area contributed by atoms with Crippen LogP contribution >= 0.6 is 0 Å². The summed E-state index contributed by atoms with van der Waals surface area (Å²) in [5.74, 6) is -0.0863. The Morgan fingerprint density at radius 2 is 2.33 bits per heavy atom. The second-order valence-electron chi connectivity index (χ2n) is 3.23. The summed E-state index contributed by atoms with van der Waals surface area (Å²) in [4.78, 5) is 0. The molecule has 5 heteroatoms. The molecule has 0 spiro atoms. The molecule has 0 fully saturated rings. The number of rotatable bonds is 4. The number of nitrogens with one attached hydrogen (secondary N) is 1. The number of hydrogen-bond donors (Lipinski definition) is 3. The molecule has 4 N–H and O–H groups in total. The summed E-state index contributed by atoms with van der Waals surface area (Å²) in [7, 11) is 0. The highest BCUT2D eigenvalue weighted by molar-refractivity contribution is 5.80. The Morgan fingerprint density at radius 1 is 1.60 bits per heavy atom. The van der Waals surface area contributed by atoms with E-state index in [4.69, 9.17) is 10.9 Å². The van der Waals surface area contributed by atoms with Crippen LogP contribution in [0.5, 0.6) is 0 Å². The van der Waals surface area contributed by atoms with Gasteiger partial charge in [0, 0.05) is 18.7 Å². The number of amidine groups is 1. The van der Waals surface area contributed by atoms with Crippen molar-refractivity contribution >= 4 is 11.5 Å². The molecular formula is C10H14FN3O. The Labute approximate surface area is 87.6 Å². The van der Waals surface area contributed by atoms with Crippen molar-refractivity contribution < 1.29 is 9.60 Å². The summed E-state index contributed by atoms with van der Waals surface area (Å²) in [6, 6.07) is 4.50. The fourth-order valence-electron chi connectivity index (χ4n) is 1.20. The van der Waals surface area contributed by atoms with Crippen molar-refractivity contribution in [2.75, 3.05) is 11.9 Å². The Kier molecular flexibility index (Phi) is 3.91. The molecule has 0 heterocycles. The summed E-state index contributed by atoms with van der Waals surface area (Å²) in [5, 5.41) is 14.2. The van der Waals surface area contributed by atoms with Gasteiger partial charge in [-0.15, -0.1) is 0 Å². The van der Waals surface area contributed by atoms with Crippen molar-refractivity contribution in [2.24, 2.45) is 10.9 Å². The Morgan fingerprint density at radius 3 is 2.93 bits per heavy atom. The van der Waals surface area contributed by atoms with E-state index >= 15 is 0 Å². The number of halogens is 1. The molecule has 4 nitrogen and oxygen atoms in total. The van der Waals surface area contributed by atoms with E-state index in [1.165, 1.54) is 12.1 Å². The van der Waals surface area contributed by atoms with Gasteiger partial charge in [0.2, 0.25) is 0 Å². The van der Waals surface area contributed by atoms with Crippen LogP contribution in [0.4, 0.5) is 10.1 Å². The average molecular weight is 211 g/mol. The molecule has 0 aliphatic carbocycles. The third-order valence-corrected chi connectivity index (χ3v) is 2.01. The van der Waals surface area contributed by atoms with Crippen LogP contribution in [-0.4, -0.2) is 17.6 Å². The molecule has 0 aliphatic rings. The van der Waals surface area contributed by atoms with Crippen LogP contribution in [0.25, 0.3) is 0 Å². The molecule has 0 aromatic heterocycles. The van der Waals surface area contributed by atoms with Crippen molar-refractivity contribution in [3.05, 3.63) is 29.6 Å². The third-order valence-electron chi connectivity index (χ3n) is 2.01. The van der Waals surface area contributed by atoms with E-state index in [2.05, 4.69) is 10.5 Å². The van der Waals surface area contributed by atoms with Gasteiger partial charge in [-0.1, -0.05) is 5.16 Å². The van der Waals surface area contributed by atoms with Gasteiger partial charge < -0.3 is 16.3 Å². The van der Waals surface area contributed by atoms with Gasteiger partial charge >= 0.3 is 0 Å². The van der Waals surface area contributed by atoms with E-state index in [0.717, 1.165) is 11.3 Å². The summed E-state index contributed by atoms with van der Waals surface area (Å²) in [6.07, 6.45) is 0.438. The van der Waals surface area contributed by atoms with Gasteiger partial charge in [0.05, 0.1) is 0 Å². The van der Waals surface area contributed by atoms with Crippen LogP contribution in [0.15, 0.2) is 23.4 Å². The zero-order valence-corrected chi connectivity index (χ0v) is 8.50. The maximum Gasteiger partial charge on any atom is 0.140 e. The van der Waals surface area contributed by atoms with Crippen molar-refractivity contribution in [3.63, 3.8) is 0 Å². The van der Waals surface area contributed by atoms with Crippen LogP contribution in [0, 0.1) is 12.7 Å². The van der Waals surface area contributed by atoms with Crippen LogP contribution in [0.1, 0.15) is 12.0 Å². The lowest BCUT2D eigenvalue weighted by Gasteiger charge is -2.08. The largest absolute Gasteiger partial charge is 0.409 e. The standard InChI is InChI=1S/C10H14FN3O/c1-7-6-8(11)2-3-9(7)13-5-4-10(12)14-15/h2-3,6,13,15H,4-5H2,1H3,(H2,12,14). The molecule has 1 aromatic rings. The van der Waals surface area contributed by atoms with Crippen LogP contribution in [0.3, 0.4) is 0 Å². The van der Waals surface area contributed by atoms with E-state index < -0.39 is 0 Å². The Bertz CT molecular complexity index is 366. The molecule has 1 aromatic carbocycles. The first kappa shape index (κ1) is 11.3. The van der Waals surface area contributed by atoms with Gasteiger partial charge in [-0.3, -0.25) is 0 Å². The zero-order chi connectivity index (χ0) is 11.3. The monoisotopic (exact) mass is 211 g/mol. The topological polar surface area (TPSA) is 70.6 Å². The van der Waals surface area contributed by atoms with Gasteiger partial charge in [-0.2, -0.15) is 0 Å². The molecule has 0 saturated heterocycles. The summed E-state index contributed by atoms with van der Waals surface area (Å²) >= 11 is 0. The van der Waals surface area contributed by atoms with E-state index in [1.54, 1.807) is 6.07 Å². The SMILES string of the molecule is Cc1cc(F)ccc1NCCC(N)=NO. The van der Waals surface area contributed by atoms with Crippen molar-refractivity contribution in [3.8, 4) is 0 Å². The number of nitrogens with zero attached hydrogens (tertiary/aromatic N) is 1. The lowest BCUT2D eigenvalue weighted by atomic mass is 10.2. The fraction of sp³-hybridized carbons (Fsp3) is 0.300. The number of nitrogens with two attached hydrogens (primary N) is 1. The summed E-state index contributed by atoms with van der Waals surface area (Å²) < 4.78 is 12.8. The highest BCUT2D eigenvalue weighted by Gasteiger charge is 1.99. The molecule has 15 heavy (non-hydrogen) atoms. The molecule has 0 radical (unpaired) electrons. The smallest absolute Gasteiger partial charge is 0.140 e. The van der Waals surface area contributed by atoms with Gasteiger partial charge in [0.15, 0.2) is 0 Å². The lowest BCUT2D eigenvalue weighted by Crippen LogP contribution is -2.16. The fourth-order valence-corrected chi connectivity index (χ4v) is 1.20. The maximum atomic E-state index is 12.8. The maximum absolute atomic E-state index is 12.8. The van der Waals surface area contributed by atoms with Crippen LogP contribution in [-0.2, 0) is 0 Å². The summed E-state index contributed by atoms with van der Waals surface area (Å²) in [5.41, 5.74) is 6.98. The van der Waals surface area contributed by atoms with Gasteiger partial charge in [-0.05, 0) is 30.7 Å². The number of aryl methyl sites for hydroxylation is 1. The van der Waals surface area contributed by atoms with Crippen LogP contribution < -0.4 is 11.1 Å². The van der Waals surface area contributed by atoms with Crippen LogP contribution in [0.2, 0.25) is 0 Å². The number of hydrogen-bond acceptors (Lipinski definition) is 3. The molecule has 0 unspecified atom stereocenters. The van der Waals surface area contributed by atoms with Crippen molar-refractivity contribution in [1.29, 1.82) is 0 Å². The van der Waals surface area contributed by atoms with Crippen molar-refractivity contribution in [1.82, 2.24) is 0 Å². The minimum Gasteiger partial charge on any atom is -0.409 e. The minimum atomic E-state index is -0.255. The number of anilines is 1. The predicted octanol–water partition coefficient (Wildman–Crippen LogP) is 1.68. The molecule has 0 bridgehead atoms. The molecule has 0 aliphatic heterocycles. The second kappa shape index (κ2) is 5.19. The minimum absolute atomic E-state index is 0.169. The zero-order valence-electron chi connectivity index (χ0n) is 8.50. The highest BCUT2D eigenvalue weighted by atomic mass is 19.1. The first-order valence-electron chi connectivity index (χ1n) is 4.60. The Balaban J connectivity index is 2.51. The molecular weight excluding hydrogens is 197 g/mol. The number of oxime groups is 1. The van der Waals surface area contributed by atoms with E-state index in [-0.39, 0.29) is 11.7 Å². The average Bonchev–Trinajstić information content (AvgIpc) is 2.21. The third kappa shape index (κ3) is 3.46. The van der Waals surface area contributed by atoms with Gasteiger partial charge in [-0.25, -0.2) is 4.39 Å². The predicted molar refractivity (Wildman–Crippen MR) is 57.7 cm³/mol. The van der Waals surface area contributed by atoms with E-state index in [9.17, 15) is 4.39 Å². The van der Waals surface area contributed by atoms with E-state index in [1.807, 2.05) is 6.92 Å². The van der Waals surface area contributed by atoms with Gasteiger partial charge in [0.1, 0.15) is 11.7 Å². The highest BCUT2D eigenvalue weighted by Crippen LogP contribution is 2.15. The Hall–Kier alpha value is -1.78. The quantitative estimate of drug-likeness (QED) is 0.307. The lowest BCUT2D eigenvalue weighted by molar-refractivity contribution is 0.317. The second-order valence-corrected chi connectivity index (χ2v) is 3.23. The van der Waals surface area contributed by atoms with Crippen molar-refractivity contribution in [2.45, 2.75) is 13.3 Å². The van der Waals surface area contributed by atoms with E-state index in [0.29, 0.717) is 13.0 Å².